The molecule has 3 aromatic carbocycles. The van der Waals surface area contributed by atoms with Crippen LogP contribution in [-0.4, -0.2) is 88.9 Å². The second-order valence-corrected chi connectivity index (χ2v) is 15.7. The molecule has 2 saturated heterocycles. The van der Waals surface area contributed by atoms with E-state index in [2.05, 4.69) is 38.0 Å². The first kappa shape index (κ1) is 38.2. The van der Waals surface area contributed by atoms with E-state index in [4.69, 9.17) is 25.8 Å². The molecule has 2 aliphatic rings. The third kappa shape index (κ3) is 9.07. The average Bonchev–Trinajstić information content (AvgIpc) is 3.65. The number of piperidine rings is 1. The monoisotopic (exact) mass is 765 g/mol. The molecule has 11 nitrogen and oxygen atoms in total. The van der Waals surface area contributed by atoms with Gasteiger partial charge in [0.05, 0.1) is 19.4 Å². The van der Waals surface area contributed by atoms with Crippen LogP contribution in [0.5, 0.6) is 11.5 Å². The molecule has 0 spiro atoms. The Labute approximate surface area is 326 Å². The van der Waals surface area contributed by atoms with Gasteiger partial charge in [-0.25, -0.2) is 14.6 Å². The molecule has 0 unspecified atom stereocenters. The number of pyridine rings is 1. The number of aliphatic hydroxyl groups excluding tert-OH is 1. The summed E-state index contributed by atoms with van der Waals surface area (Å²) in [6.45, 7) is 10.5. The number of benzene rings is 3. The zero-order valence-electron chi connectivity index (χ0n) is 31.8. The van der Waals surface area contributed by atoms with Crippen molar-refractivity contribution in [3.8, 4) is 22.6 Å². The minimum Gasteiger partial charge on any atom is -0.465 e. The van der Waals surface area contributed by atoms with E-state index in [1.54, 1.807) is 17.2 Å². The van der Waals surface area contributed by atoms with Gasteiger partial charge in [0.1, 0.15) is 28.3 Å². The van der Waals surface area contributed by atoms with Crippen molar-refractivity contribution in [2.24, 2.45) is 5.92 Å². The molecular weight excluding hydrogens is 718 g/mol. The normalized spacial score (nSPS) is 16.3. The third-order valence-electron chi connectivity index (χ3n) is 10.3. The smallest absolute Gasteiger partial charge is 0.410 e. The summed E-state index contributed by atoms with van der Waals surface area (Å²) in [6.07, 6.45) is 4.01. The van der Waals surface area contributed by atoms with E-state index < -0.39 is 17.7 Å². The van der Waals surface area contributed by atoms with Crippen molar-refractivity contribution in [2.75, 3.05) is 51.3 Å². The molecule has 0 saturated carbocycles. The molecule has 2 aliphatic heterocycles. The summed E-state index contributed by atoms with van der Waals surface area (Å²) < 4.78 is 16.9. The van der Waals surface area contributed by atoms with Gasteiger partial charge in [-0.1, -0.05) is 41.9 Å². The fourth-order valence-corrected chi connectivity index (χ4v) is 7.55. The van der Waals surface area contributed by atoms with Gasteiger partial charge in [-0.3, -0.25) is 4.90 Å². The van der Waals surface area contributed by atoms with Crippen molar-refractivity contribution in [2.45, 2.75) is 51.9 Å². The number of nitrogens with one attached hydrogen (secondary N) is 1. The van der Waals surface area contributed by atoms with E-state index >= 15 is 0 Å². The number of piperazine rings is 1. The minimum absolute atomic E-state index is 0.0270. The van der Waals surface area contributed by atoms with Gasteiger partial charge < -0.3 is 34.1 Å². The Morgan fingerprint density at radius 2 is 1.69 bits per heavy atom. The summed E-state index contributed by atoms with van der Waals surface area (Å²) in [5.41, 5.74) is 5.46. The van der Waals surface area contributed by atoms with Gasteiger partial charge in [-0.15, -0.1) is 0 Å². The van der Waals surface area contributed by atoms with Crippen molar-refractivity contribution >= 4 is 40.4 Å². The number of aliphatic hydroxyl groups is 1. The topological polar surface area (TPSA) is 120 Å². The Morgan fingerprint density at radius 1 is 0.945 bits per heavy atom. The molecule has 2 fully saturated rings. The quantitative estimate of drug-likeness (QED) is 0.142. The molecule has 2 aromatic heterocycles. The number of carbonyl (C=O) groups excluding carboxylic acids is 2. The molecule has 55 heavy (non-hydrogen) atoms. The number of nitrogens with zero attached hydrogens (tertiary/aromatic N) is 4. The first-order valence-corrected chi connectivity index (χ1v) is 19.2. The summed E-state index contributed by atoms with van der Waals surface area (Å²) in [4.78, 5) is 39.2. The van der Waals surface area contributed by atoms with E-state index in [1.807, 2.05) is 75.5 Å². The molecule has 4 heterocycles. The number of anilines is 1. The lowest BCUT2D eigenvalue weighted by molar-refractivity contribution is 0.0138. The summed E-state index contributed by atoms with van der Waals surface area (Å²) in [7, 11) is 1.35. The van der Waals surface area contributed by atoms with Crippen LogP contribution in [0.4, 0.5) is 10.5 Å². The van der Waals surface area contributed by atoms with Crippen LogP contribution >= 0.6 is 11.6 Å². The number of aromatic nitrogens is 2. The second-order valence-electron chi connectivity index (χ2n) is 15.3. The number of rotatable bonds is 9. The molecule has 288 valence electrons. The number of hydrogen-bond acceptors (Lipinski definition) is 9. The zero-order valence-corrected chi connectivity index (χ0v) is 32.5. The highest BCUT2D eigenvalue weighted by Gasteiger charge is 2.30. The van der Waals surface area contributed by atoms with Gasteiger partial charge >= 0.3 is 12.1 Å². The van der Waals surface area contributed by atoms with E-state index in [9.17, 15) is 14.7 Å². The van der Waals surface area contributed by atoms with E-state index in [-0.39, 0.29) is 12.0 Å². The van der Waals surface area contributed by atoms with Crippen LogP contribution in [-0.2, 0) is 16.0 Å². The summed E-state index contributed by atoms with van der Waals surface area (Å²) in [6, 6.07) is 23.5. The largest absolute Gasteiger partial charge is 0.465 e. The maximum atomic E-state index is 12.7. The van der Waals surface area contributed by atoms with Crippen LogP contribution in [0.25, 0.3) is 22.2 Å². The molecule has 2 N–H and O–H groups in total. The average molecular weight is 766 g/mol. The van der Waals surface area contributed by atoms with Crippen molar-refractivity contribution in [3.63, 3.8) is 0 Å². The Bertz CT molecular complexity index is 2130. The van der Waals surface area contributed by atoms with Crippen LogP contribution in [0.3, 0.4) is 0 Å². The number of carbonyl (C=O) groups is 2. The van der Waals surface area contributed by atoms with Crippen molar-refractivity contribution in [3.05, 3.63) is 107 Å². The predicted molar refractivity (Wildman–Crippen MR) is 214 cm³/mol. The lowest BCUT2D eigenvalue weighted by atomic mass is 9.83. The highest BCUT2D eigenvalue weighted by Crippen LogP contribution is 2.39. The number of amides is 1. The van der Waals surface area contributed by atoms with Crippen LogP contribution in [0, 0.1) is 5.92 Å². The first-order chi connectivity index (χ1) is 26.4. The van der Waals surface area contributed by atoms with Gasteiger partial charge in [-0.2, -0.15) is 0 Å². The Balaban J connectivity index is 1.06. The van der Waals surface area contributed by atoms with Crippen LogP contribution in [0.2, 0.25) is 5.02 Å². The molecule has 1 amide bonds. The number of esters is 1. The predicted octanol–water partition coefficient (Wildman–Crippen LogP) is 8.46. The molecule has 0 bridgehead atoms. The van der Waals surface area contributed by atoms with Crippen LogP contribution in [0.1, 0.15) is 61.2 Å². The van der Waals surface area contributed by atoms with E-state index in [1.165, 1.54) is 7.11 Å². The number of methoxy groups -OCH3 is 1. The summed E-state index contributed by atoms with van der Waals surface area (Å²) in [5.74, 6) is 0.442. The summed E-state index contributed by atoms with van der Waals surface area (Å²) in [5, 5.41) is 13.7. The SMILES string of the molecule is COC(=O)c1ccc(N2CCC([C@@H](O)c3cc(CN4CCN(C(=O)OC(C)(C)C)CC4)ccc3-c3ccc(Cl)cc3)CC2)cc1Oc1cnc2[nH]ccc2c1. The standard InChI is InChI=1S/C43H48ClN5O6/c1-43(2,3)55-42(52)49-21-19-47(20-22-49)27-28-5-11-35(29-6-8-32(44)9-7-29)37(23-28)39(50)30-14-17-48(18-15-30)33-10-12-36(41(51)53-4)38(25-33)54-34-24-31-13-16-45-40(31)46-26-34/h5-13,16,23-26,30,39,50H,14-15,17-22,27H2,1-4H3,(H,45,46)/t39-/m1/s1. The molecule has 7 rings (SSSR count). The Hall–Kier alpha value is -5.10. The first-order valence-electron chi connectivity index (χ1n) is 18.8. The minimum atomic E-state index is -0.687. The number of fused-ring (bicyclic) bond motifs is 1. The van der Waals surface area contributed by atoms with Crippen molar-refractivity contribution in [1.29, 1.82) is 0 Å². The van der Waals surface area contributed by atoms with Gasteiger partial charge in [0.25, 0.3) is 0 Å². The molecule has 0 radical (unpaired) electrons. The van der Waals surface area contributed by atoms with Crippen LogP contribution < -0.4 is 9.64 Å². The highest BCUT2D eigenvalue weighted by molar-refractivity contribution is 6.30. The number of ether oxygens (including phenoxy) is 3. The molecule has 12 heteroatoms. The van der Waals surface area contributed by atoms with E-state index in [0.717, 1.165) is 64.9 Å². The lowest BCUT2D eigenvalue weighted by Crippen LogP contribution is -2.49. The molecule has 1 atom stereocenters. The van der Waals surface area contributed by atoms with Gasteiger partial charge in [0.15, 0.2) is 0 Å². The second kappa shape index (κ2) is 16.3. The third-order valence-corrected chi connectivity index (χ3v) is 10.6. The van der Waals surface area contributed by atoms with Gasteiger partial charge in [-0.05, 0) is 98.2 Å². The van der Waals surface area contributed by atoms with Gasteiger partial charge in [0.2, 0.25) is 0 Å². The fraction of sp³-hybridized carbons (Fsp3) is 0.372. The highest BCUT2D eigenvalue weighted by atomic mass is 35.5. The molecular formula is C43H48ClN5O6. The Kier molecular flexibility index (Phi) is 11.3. The fourth-order valence-electron chi connectivity index (χ4n) is 7.42. The maximum absolute atomic E-state index is 12.7. The maximum Gasteiger partial charge on any atom is 0.410 e. The van der Waals surface area contributed by atoms with Gasteiger partial charge in [0, 0.05) is 74.2 Å². The number of hydrogen-bond donors (Lipinski definition) is 2. The zero-order chi connectivity index (χ0) is 38.7. The molecule has 0 aliphatic carbocycles. The number of H-pyrrole nitrogens is 1. The number of halogens is 1. The van der Waals surface area contributed by atoms with Crippen molar-refractivity contribution in [1.82, 2.24) is 19.8 Å². The van der Waals surface area contributed by atoms with Crippen LogP contribution in [0.15, 0.2) is 85.2 Å². The Morgan fingerprint density at radius 3 is 2.40 bits per heavy atom. The molecule has 5 aromatic rings. The van der Waals surface area contributed by atoms with E-state index in [0.29, 0.717) is 54.8 Å². The number of aromatic amines is 1. The summed E-state index contributed by atoms with van der Waals surface area (Å²) >= 11 is 6.25. The lowest BCUT2D eigenvalue weighted by Gasteiger charge is -2.37. The van der Waals surface area contributed by atoms with Crippen molar-refractivity contribution < 1.29 is 28.9 Å².